The molecule has 1 heterocycles. The SMILES string of the molecule is CC(C)(CCCN)CNc1snc2ccccc12. The third-order valence-electron chi connectivity index (χ3n) is 3.17. The van der Waals surface area contributed by atoms with Crippen molar-refractivity contribution in [1.29, 1.82) is 0 Å². The van der Waals surface area contributed by atoms with Gasteiger partial charge in [0.25, 0.3) is 0 Å². The van der Waals surface area contributed by atoms with Crippen LogP contribution in [0.3, 0.4) is 0 Å². The first-order valence-corrected chi connectivity index (χ1v) is 7.18. The van der Waals surface area contributed by atoms with E-state index < -0.39 is 0 Å². The van der Waals surface area contributed by atoms with E-state index in [1.54, 1.807) is 11.5 Å². The molecular formula is C14H21N3S. The van der Waals surface area contributed by atoms with E-state index in [9.17, 15) is 0 Å². The average molecular weight is 263 g/mol. The number of nitrogens with two attached hydrogens (primary N) is 1. The summed E-state index contributed by atoms with van der Waals surface area (Å²) in [6, 6.07) is 8.25. The first-order valence-electron chi connectivity index (χ1n) is 6.41. The van der Waals surface area contributed by atoms with Crippen LogP contribution in [0, 0.1) is 5.41 Å². The maximum absolute atomic E-state index is 5.57. The van der Waals surface area contributed by atoms with E-state index in [2.05, 4.69) is 41.7 Å². The van der Waals surface area contributed by atoms with Gasteiger partial charge in [0.15, 0.2) is 0 Å². The fraction of sp³-hybridized carbons (Fsp3) is 0.500. The summed E-state index contributed by atoms with van der Waals surface area (Å²) in [7, 11) is 0. The van der Waals surface area contributed by atoms with Gasteiger partial charge in [-0.1, -0.05) is 26.0 Å². The van der Waals surface area contributed by atoms with Crippen molar-refractivity contribution in [3.63, 3.8) is 0 Å². The maximum Gasteiger partial charge on any atom is 0.117 e. The highest BCUT2D eigenvalue weighted by Gasteiger charge is 2.17. The lowest BCUT2D eigenvalue weighted by molar-refractivity contribution is 0.350. The van der Waals surface area contributed by atoms with Gasteiger partial charge in [-0.3, -0.25) is 0 Å². The topological polar surface area (TPSA) is 50.9 Å². The summed E-state index contributed by atoms with van der Waals surface area (Å²) < 4.78 is 4.44. The maximum atomic E-state index is 5.57. The van der Waals surface area contributed by atoms with Crippen molar-refractivity contribution in [2.45, 2.75) is 26.7 Å². The highest BCUT2D eigenvalue weighted by atomic mass is 32.1. The van der Waals surface area contributed by atoms with Crippen LogP contribution in [-0.2, 0) is 0 Å². The van der Waals surface area contributed by atoms with Crippen molar-refractivity contribution in [1.82, 2.24) is 4.37 Å². The summed E-state index contributed by atoms with van der Waals surface area (Å²) in [5.41, 5.74) is 6.91. The molecule has 0 unspecified atom stereocenters. The Morgan fingerprint density at radius 1 is 1.33 bits per heavy atom. The van der Waals surface area contributed by atoms with Crippen LogP contribution in [0.15, 0.2) is 24.3 Å². The number of nitrogens with one attached hydrogen (secondary N) is 1. The number of hydrogen-bond donors (Lipinski definition) is 2. The van der Waals surface area contributed by atoms with Crippen LogP contribution in [0.4, 0.5) is 5.00 Å². The third-order valence-corrected chi connectivity index (χ3v) is 4.00. The lowest BCUT2D eigenvalue weighted by Gasteiger charge is -2.24. The summed E-state index contributed by atoms with van der Waals surface area (Å²) in [6.07, 6.45) is 2.23. The molecule has 0 saturated carbocycles. The lowest BCUT2D eigenvalue weighted by Crippen LogP contribution is -2.23. The molecule has 3 nitrogen and oxygen atoms in total. The van der Waals surface area contributed by atoms with Crippen molar-refractivity contribution < 1.29 is 0 Å². The van der Waals surface area contributed by atoms with Gasteiger partial charge in [0.1, 0.15) is 5.00 Å². The molecule has 1 aromatic heterocycles. The molecule has 0 radical (unpaired) electrons. The van der Waals surface area contributed by atoms with Crippen LogP contribution in [0.2, 0.25) is 0 Å². The average Bonchev–Trinajstić information content (AvgIpc) is 2.78. The minimum atomic E-state index is 0.268. The second-order valence-corrected chi connectivity index (χ2v) is 6.21. The number of anilines is 1. The summed E-state index contributed by atoms with van der Waals surface area (Å²) in [4.78, 5) is 0. The fourth-order valence-corrected chi connectivity index (χ4v) is 2.76. The van der Waals surface area contributed by atoms with Gasteiger partial charge in [0.2, 0.25) is 0 Å². The normalized spacial score (nSPS) is 11.9. The van der Waals surface area contributed by atoms with Crippen LogP contribution in [0.1, 0.15) is 26.7 Å². The smallest absolute Gasteiger partial charge is 0.117 e. The fourth-order valence-electron chi connectivity index (χ4n) is 2.01. The molecule has 4 heteroatoms. The molecule has 0 saturated heterocycles. The Hall–Kier alpha value is -1.13. The molecule has 0 spiro atoms. The predicted molar refractivity (Wildman–Crippen MR) is 80.2 cm³/mol. The van der Waals surface area contributed by atoms with Crippen molar-refractivity contribution in [3.8, 4) is 0 Å². The molecular weight excluding hydrogens is 242 g/mol. The Morgan fingerprint density at radius 3 is 2.89 bits per heavy atom. The molecule has 2 aromatic rings. The first-order chi connectivity index (χ1) is 8.62. The van der Waals surface area contributed by atoms with E-state index in [1.165, 1.54) is 10.4 Å². The van der Waals surface area contributed by atoms with Gasteiger partial charge in [-0.25, -0.2) is 0 Å². The summed E-state index contributed by atoms with van der Waals surface area (Å²) >= 11 is 1.54. The van der Waals surface area contributed by atoms with Gasteiger partial charge in [-0.15, -0.1) is 0 Å². The first kappa shape index (κ1) is 13.3. The molecule has 0 bridgehead atoms. The quantitative estimate of drug-likeness (QED) is 0.839. The zero-order chi connectivity index (χ0) is 13.0. The molecule has 0 aliphatic heterocycles. The molecule has 0 amide bonds. The Labute approximate surface area is 113 Å². The Balaban J connectivity index is 2.01. The van der Waals surface area contributed by atoms with E-state index in [1.807, 2.05) is 6.07 Å². The van der Waals surface area contributed by atoms with Gasteiger partial charge in [-0.2, -0.15) is 4.37 Å². The number of rotatable bonds is 6. The van der Waals surface area contributed by atoms with Crippen LogP contribution >= 0.6 is 11.5 Å². The molecule has 1 aromatic carbocycles. The predicted octanol–water partition coefficient (Wildman–Crippen LogP) is 3.47. The Bertz CT molecular complexity index is 504. The lowest BCUT2D eigenvalue weighted by atomic mass is 9.88. The minimum Gasteiger partial charge on any atom is -0.375 e. The standard InChI is InChI=1S/C14H21N3S/c1-14(2,8-5-9-15)10-16-13-11-6-3-4-7-12(11)17-18-13/h3-4,6-7,16H,5,8-10,15H2,1-2H3. The Morgan fingerprint density at radius 2 is 2.11 bits per heavy atom. The van der Waals surface area contributed by atoms with Gasteiger partial charge in [-0.05, 0) is 48.5 Å². The van der Waals surface area contributed by atoms with Crippen LogP contribution < -0.4 is 11.1 Å². The van der Waals surface area contributed by atoms with E-state index in [0.29, 0.717) is 0 Å². The molecule has 98 valence electrons. The molecule has 0 aliphatic carbocycles. The largest absolute Gasteiger partial charge is 0.375 e. The van der Waals surface area contributed by atoms with E-state index in [0.717, 1.165) is 31.4 Å². The molecule has 0 atom stereocenters. The third kappa shape index (κ3) is 3.21. The molecule has 0 aliphatic rings. The molecule has 18 heavy (non-hydrogen) atoms. The summed E-state index contributed by atoms with van der Waals surface area (Å²) in [5.74, 6) is 0. The number of hydrogen-bond acceptors (Lipinski definition) is 4. The molecule has 0 fully saturated rings. The Kier molecular flexibility index (Phi) is 4.19. The second-order valence-electron chi connectivity index (χ2n) is 5.44. The van der Waals surface area contributed by atoms with Crippen molar-refractivity contribution in [2.24, 2.45) is 11.1 Å². The zero-order valence-electron chi connectivity index (χ0n) is 11.1. The van der Waals surface area contributed by atoms with Crippen molar-refractivity contribution in [2.75, 3.05) is 18.4 Å². The van der Waals surface area contributed by atoms with Crippen molar-refractivity contribution in [3.05, 3.63) is 24.3 Å². The van der Waals surface area contributed by atoms with Crippen LogP contribution in [0.25, 0.3) is 10.9 Å². The number of aromatic nitrogens is 1. The summed E-state index contributed by atoms with van der Waals surface area (Å²) in [5, 5.41) is 5.92. The highest BCUT2D eigenvalue weighted by Crippen LogP contribution is 2.29. The number of fused-ring (bicyclic) bond motifs is 1. The monoisotopic (exact) mass is 263 g/mol. The van der Waals surface area contributed by atoms with Crippen molar-refractivity contribution >= 4 is 27.4 Å². The van der Waals surface area contributed by atoms with E-state index >= 15 is 0 Å². The van der Waals surface area contributed by atoms with Gasteiger partial charge < -0.3 is 11.1 Å². The zero-order valence-corrected chi connectivity index (χ0v) is 11.9. The highest BCUT2D eigenvalue weighted by molar-refractivity contribution is 7.11. The van der Waals surface area contributed by atoms with E-state index in [-0.39, 0.29) is 5.41 Å². The van der Waals surface area contributed by atoms with Crippen LogP contribution in [0.5, 0.6) is 0 Å². The van der Waals surface area contributed by atoms with Gasteiger partial charge >= 0.3 is 0 Å². The number of benzene rings is 1. The summed E-state index contributed by atoms with van der Waals surface area (Å²) in [6.45, 7) is 6.28. The van der Waals surface area contributed by atoms with Gasteiger partial charge in [0.05, 0.1) is 5.52 Å². The van der Waals surface area contributed by atoms with Crippen LogP contribution in [-0.4, -0.2) is 17.5 Å². The van der Waals surface area contributed by atoms with E-state index in [4.69, 9.17) is 5.73 Å². The second kappa shape index (κ2) is 5.67. The molecule has 2 rings (SSSR count). The minimum absolute atomic E-state index is 0.268. The van der Waals surface area contributed by atoms with Gasteiger partial charge in [0, 0.05) is 11.9 Å². The number of nitrogens with zero attached hydrogens (tertiary/aromatic N) is 1. The molecule has 3 N–H and O–H groups in total.